The number of rotatable bonds is 2. The van der Waals surface area contributed by atoms with Crippen LogP contribution in [-0.2, 0) is 0 Å². The Kier molecular flexibility index (Phi) is 2.75. The fourth-order valence-corrected chi connectivity index (χ4v) is 1.33. The van der Waals surface area contributed by atoms with E-state index in [4.69, 9.17) is 16.7 Å². The molecule has 0 atom stereocenters. The first kappa shape index (κ1) is 10.7. The van der Waals surface area contributed by atoms with Gasteiger partial charge in [-0.3, -0.25) is 0 Å². The predicted octanol–water partition coefficient (Wildman–Crippen LogP) is 1.26. The highest BCUT2D eigenvalue weighted by molar-refractivity contribution is 5.60. The van der Waals surface area contributed by atoms with Crippen LogP contribution in [0.25, 0.3) is 0 Å². The van der Waals surface area contributed by atoms with E-state index in [9.17, 15) is 0 Å². The lowest BCUT2D eigenvalue weighted by Crippen LogP contribution is -2.02. The van der Waals surface area contributed by atoms with Crippen molar-refractivity contribution in [2.24, 2.45) is 0 Å². The number of anilines is 4. The van der Waals surface area contributed by atoms with E-state index in [-0.39, 0.29) is 5.95 Å². The summed E-state index contributed by atoms with van der Waals surface area (Å²) >= 11 is 0. The van der Waals surface area contributed by atoms with Crippen molar-refractivity contribution in [3.05, 3.63) is 35.9 Å². The maximum Gasteiger partial charge on any atom is 0.223 e. The number of nitrogens with one attached hydrogen (secondary N) is 1. The van der Waals surface area contributed by atoms with Crippen molar-refractivity contribution in [2.45, 2.75) is 0 Å². The number of benzene rings is 1. The molecule has 0 aliphatic heterocycles. The monoisotopic (exact) mass is 226 g/mol. The van der Waals surface area contributed by atoms with E-state index in [0.717, 1.165) is 5.69 Å². The first-order valence-electron chi connectivity index (χ1n) is 4.84. The second kappa shape index (κ2) is 4.37. The van der Waals surface area contributed by atoms with Crippen molar-refractivity contribution in [1.29, 1.82) is 5.26 Å². The lowest BCUT2D eigenvalue weighted by atomic mass is 10.2. The van der Waals surface area contributed by atoms with Gasteiger partial charge in [-0.2, -0.15) is 15.2 Å². The van der Waals surface area contributed by atoms with Crippen molar-refractivity contribution in [2.75, 3.05) is 16.8 Å². The van der Waals surface area contributed by atoms with E-state index in [1.165, 1.54) is 0 Å². The van der Waals surface area contributed by atoms with E-state index < -0.39 is 0 Å². The fraction of sp³-hybridized carbons (Fsp3) is 0. The van der Waals surface area contributed by atoms with Crippen molar-refractivity contribution in [3.63, 3.8) is 0 Å². The molecule has 2 rings (SSSR count). The first-order chi connectivity index (χ1) is 8.17. The number of nitrogens with two attached hydrogens (primary N) is 2. The molecular formula is C11H10N6. The molecule has 84 valence electrons. The van der Waals surface area contributed by atoms with Crippen molar-refractivity contribution in [3.8, 4) is 6.07 Å². The molecule has 1 aromatic heterocycles. The minimum Gasteiger partial charge on any atom is -0.383 e. The topological polar surface area (TPSA) is 114 Å². The molecule has 0 bridgehead atoms. The van der Waals surface area contributed by atoms with Gasteiger partial charge in [-0.05, 0) is 24.3 Å². The van der Waals surface area contributed by atoms with Gasteiger partial charge >= 0.3 is 0 Å². The Balaban J connectivity index is 2.22. The summed E-state index contributed by atoms with van der Waals surface area (Å²) in [5, 5.41) is 11.7. The van der Waals surface area contributed by atoms with Gasteiger partial charge in [0.05, 0.1) is 11.6 Å². The minimum atomic E-state index is 0.112. The van der Waals surface area contributed by atoms with Crippen LogP contribution in [0.2, 0.25) is 0 Å². The van der Waals surface area contributed by atoms with Crippen LogP contribution in [-0.4, -0.2) is 9.97 Å². The molecule has 17 heavy (non-hydrogen) atoms. The zero-order valence-electron chi connectivity index (χ0n) is 8.88. The third kappa shape index (κ3) is 2.60. The normalized spacial score (nSPS) is 9.59. The van der Waals surface area contributed by atoms with E-state index >= 15 is 0 Å². The van der Waals surface area contributed by atoms with Gasteiger partial charge in [-0.1, -0.05) is 0 Å². The second-order valence-corrected chi connectivity index (χ2v) is 3.35. The molecule has 0 radical (unpaired) electrons. The summed E-state index contributed by atoms with van der Waals surface area (Å²) < 4.78 is 0. The standard InChI is InChI=1S/C11H10N6/c12-6-7-1-3-8(4-2-7)15-10-5-9(13)16-11(14)17-10/h1-5H,(H5,13,14,15,16,17). The third-order valence-corrected chi connectivity index (χ3v) is 2.05. The van der Waals surface area contributed by atoms with Crippen LogP contribution in [0.4, 0.5) is 23.3 Å². The molecule has 5 N–H and O–H groups in total. The summed E-state index contributed by atoms with van der Waals surface area (Å²) in [7, 11) is 0. The van der Waals surface area contributed by atoms with Gasteiger partial charge in [-0.15, -0.1) is 0 Å². The highest BCUT2D eigenvalue weighted by atomic mass is 15.1. The maximum atomic E-state index is 8.67. The quantitative estimate of drug-likeness (QED) is 0.710. The molecule has 0 saturated carbocycles. The Morgan fingerprint density at radius 1 is 1.12 bits per heavy atom. The summed E-state index contributed by atoms with van der Waals surface area (Å²) in [6, 6.07) is 10.6. The zero-order chi connectivity index (χ0) is 12.3. The van der Waals surface area contributed by atoms with Crippen molar-refractivity contribution < 1.29 is 0 Å². The summed E-state index contributed by atoms with van der Waals surface area (Å²) in [5.41, 5.74) is 12.4. The Labute approximate surface area is 97.9 Å². The molecule has 0 fully saturated rings. The SMILES string of the molecule is N#Cc1ccc(Nc2cc(N)nc(N)n2)cc1. The highest BCUT2D eigenvalue weighted by Crippen LogP contribution is 2.17. The van der Waals surface area contributed by atoms with Crippen molar-refractivity contribution >= 4 is 23.3 Å². The number of nitriles is 1. The molecule has 0 amide bonds. The molecule has 0 aliphatic rings. The van der Waals surface area contributed by atoms with Gasteiger partial charge in [0.25, 0.3) is 0 Å². The number of hydrogen-bond acceptors (Lipinski definition) is 6. The smallest absolute Gasteiger partial charge is 0.223 e. The molecule has 1 aromatic carbocycles. The van der Waals surface area contributed by atoms with E-state index in [0.29, 0.717) is 17.2 Å². The molecule has 0 unspecified atom stereocenters. The molecule has 2 aromatic rings. The Morgan fingerprint density at radius 3 is 2.41 bits per heavy atom. The molecular weight excluding hydrogens is 216 g/mol. The van der Waals surface area contributed by atoms with E-state index in [2.05, 4.69) is 15.3 Å². The van der Waals surface area contributed by atoms with Gasteiger partial charge < -0.3 is 16.8 Å². The molecule has 6 nitrogen and oxygen atoms in total. The summed E-state index contributed by atoms with van der Waals surface area (Å²) in [6.45, 7) is 0. The number of aromatic nitrogens is 2. The van der Waals surface area contributed by atoms with Gasteiger partial charge in [0, 0.05) is 11.8 Å². The van der Waals surface area contributed by atoms with Crippen LogP contribution in [0.1, 0.15) is 5.56 Å². The van der Waals surface area contributed by atoms with Crippen LogP contribution in [0.5, 0.6) is 0 Å². The summed E-state index contributed by atoms with van der Waals surface area (Å²) in [5.74, 6) is 0.925. The van der Waals surface area contributed by atoms with E-state index in [1.54, 1.807) is 30.3 Å². The largest absolute Gasteiger partial charge is 0.383 e. The summed E-state index contributed by atoms with van der Waals surface area (Å²) in [4.78, 5) is 7.75. The lowest BCUT2D eigenvalue weighted by Gasteiger charge is -2.06. The third-order valence-electron chi connectivity index (χ3n) is 2.05. The molecule has 0 spiro atoms. The summed E-state index contributed by atoms with van der Waals surface area (Å²) in [6.07, 6.45) is 0. The van der Waals surface area contributed by atoms with Gasteiger partial charge in [0.1, 0.15) is 11.6 Å². The Morgan fingerprint density at radius 2 is 1.82 bits per heavy atom. The second-order valence-electron chi connectivity index (χ2n) is 3.35. The predicted molar refractivity (Wildman–Crippen MR) is 65.3 cm³/mol. The van der Waals surface area contributed by atoms with Crippen LogP contribution in [0.15, 0.2) is 30.3 Å². The molecule has 0 aliphatic carbocycles. The van der Waals surface area contributed by atoms with Crippen LogP contribution in [0, 0.1) is 11.3 Å². The highest BCUT2D eigenvalue weighted by Gasteiger charge is 2.00. The van der Waals surface area contributed by atoms with E-state index in [1.807, 2.05) is 6.07 Å². The average Bonchev–Trinajstić information content (AvgIpc) is 2.28. The Hall–Kier alpha value is -2.81. The average molecular weight is 226 g/mol. The number of nitrogen functional groups attached to an aromatic ring is 2. The maximum absolute atomic E-state index is 8.67. The van der Waals surface area contributed by atoms with Gasteiger partial charge in [0.15, 0.2) is 0 Å². The molecule has 0 saturated heterocycles. The van der Waals surface area contributed by atoms with Crippen LogP contribution in [0.3, 0.4) is 0 Å². The number of hydrogen-bond donors (Lipinski definition) is 3. The number of nitrogens with zero attached hydrogens (tertiary/aromatic N) is 3. The molecule has 1 heterocycles. The van der Waals surface area contributed by atoms with Gasteiger partial charge in [0.2, 0.25) is 5.95 Å². The Bertz CT molecular complexity index is 549. The van der Waals surface area contributed by atoms with Crippen LogP contribution >= 0.6 is 0 Å². The van der Waals surface area contributed by atoms with Crippen LogP contribution < -0.4 is 16.8 Å². The fourth-order valence-electron chi connectivity index (χ4n) is 1.33. The zero-order valence-corrected chi connectivity index (χ0v) is 8.88. The first-order valence-corrected chi connectivity index (χ1v) is 4.84. The van der Waals surface area contributed by atoms with Crippen molar-refractivity contribution in [1.82, 2.24) is 9.97 Å². The van der Waals surface area contributed by atoms with Gasteiger partial charge in [-0.25, -0.2) is 0 Å². The minimum absolute atomic E-state index is 0.112. The molecule has 6 heteroatoms. The lowest BCUT2D eigenvalue weighted by molar-refractivity contribution is 1.19.